The van der Waals surface area contributed by atoms with Crippen LogP contribution < -0.4 is 0 Å². The van der Waals surface area contributed by atoms with E-state index in [1.165, 1.54) is 32.1 Å². The molecule has 0 aromatic carbocycles. The second kappa shape index (κ2) is 11.4. The summed E-state index contributed by atoms with van der Waals surface area (Å²) in [6.45, 7) is 0. The fourth-order valence-corrected chi connectivity index (χ4v) is 4.36. The van der Waals surface area contributed by atoms with Crippen molar-refractivity contribution in [1.82, 2.24) is 0 Å². The predicted octanol–water partition coefficient (Wildman–Crippen LogP) is 3.64. The summed E-state index contributed by atoms with van der Waals surface area (Å²) in [5, 5.41) is 29.1. The van der Waals surface area contributed by atoms with Crippen molar-refractivity contribution in [3.8, 4) is 0 Å². The zero-order valence-electron chi connectivity index (χ0n) is 16.1. The third-order valence-corrected chi connectivity index (χ3v) is 5.91. The first-order valence-corrected chi connectivity index (χ1v) is 10.4. The van der Waals surface area contributed by atoms with Gasteiger partial charge in [0.05, 0.1) is 12.2 Å². The van der Waals surface area contributed by atoms with E-state index in [9.17, 15) is 19.8 Å². The van der Waals surface area contributed by atoms with Gasteiger partial charge in [0, 0.05) is 24.7 Å². The summed E-state index contributed by atoms with van der Waals surface area (Å²) < 4.78 is 0. The highest BCUT2D eigenvalue weighted by Gasteiger charge is 2.39. The van der Waals surface area contributed by atoms with Crippen LogP contribution in [0.1, 0.15) is 70.6 Å². The van der Waals surface area contributed by atoms with Crippen LogP contribution in [0.5, 0.6) is 0 Å². The predicted molar refractivity (Wildman–Crippen MR) is 104 cm³/mol. The molecule has 0 aliphatic heterocycles. The Morgan fingerprint density at radius 3 is 2.63 bits per heavy atom. The standard InChI is InChI=1S/C22H34O5/c23-17(14-16-8-4-3-5-9-16)12-13-19-18(20(24)15-21(19)25)10-6-1-2-7-11-22(26)27/h1,6,12-13,16-19,21,23,25H,2-5,7-11,14-15H2,(H,26,27)/b6-1-,13-12+/t17-,18-,19+,21+/m0/s1. The minimum atomic E-state index is -0.797. The van der Waals surface area contributed by atoms with E-state index >= 15 is 0 Å². The minimum Gasteiger partial charge on any atom is -0.481 e. The van der Waals surface area contributed by atoms with Crippen LogP contribution >= 0.6 is 0 Å². The molecule has 0 bridgehead atoms. The fraction of sp³-hybridized carbons (Fsp3) is 0.727. The molecule has 4 atom stereocenters. The van der Waals surface area contributed by atoms with Crippen molar-refractivity contribution in [2.45, 2.75) is 82.8 Å². The molecular weight excluding hydrogens is 344 g/mol. The van der Waals surface area contributed by atoms with Gasteiger partial charge in [0.2, 0.25) is 0 Å². The first kappa shape index (κ1) is 21.8. The summed E-state index contributed by atoms with van der Waals surface area (Å²) in [7, 11) is 0. The van der Waals surface area contributed by atoms with Crippen LogP contribution in [0.4, 0.5) is 0 Å². The van der Waals surface area contributed by atoms with Gasteiger partial charge in [-0.3, -0.25) is 9.59 Å². The number of aliphatic carboxylic acids is 1. The third-order valence-electron chi connectivity index (χ3n) is 5.91. The highest BCUT2D eigenvalue weighted by atomic mass is 16.4. The second-order valence-corrected chi connectivity index (χ2v) is 8.11. The Kier molecular flexibility index (Phi) is 9.22. The average molecular weight is 379 g/mol. The van der Waals surface area contributed by atoms with E-state index in [1.54, 1.807) is 6.08 Å². The number of carbonyl (C=O) groups is 2. The van der Waals surface area contributed by atoms with Gasteiger partial charge in [0.15, 0.2) is 0 Å². The van der Waals surface area contributed by atoms with Gasteiger partial charge >= 0.3 is 5.97 Å². The summed E-state index contributed by atoms with van der Waals surface area (Å²) in [5.74, 6) is -0.655. The van der Waals surface area contributed by atoms with Crippen molar-refractivity contribution >= 4 is 11.8 Å². The number of allylic oxidation sites excluding steroid dienone is 2. The van der Waals surface area contributed by atoms with Gasteiger partial charge in [-0.05, 0) is 31.6 Å². The maximum Gasteiger partial charge on any atom is 0.303 e. The largest absolute Gasteiger partial charge is 0.481 e. The van der Waals surface area contributed by atoms with Gasteiger partial charge in [0.1, 0.15) is 5.78 Å². The number of ketones is 1. The number of carboxylic acid groups (broad SMARTS) is 1. The number of unbranched alkanes of at least 4 members (excludes halogenated alkanes) is 1. The van der Waals surface area contributed by atoms with Crippen LogP contribution in [0, 0.1) is 17.8 Å². The molecule has 2 saturated carbocycles. The molecule has 0 aromatic rings. The Morgan fingerprint density at radius 1 is 1.19 bits per heavy atom. The maximum absolute atomic E-state index is 12.2. The molecule has 0 aromatic heterocycles. The van der Waals surface area contributed by atoms with E-state index in [0.29, 0.717) is 25.2 Å². The maximum atomic E-state index is 12.2. The topological polar surface area (TPSA) is 94.8 Å². The van der Waals surface area contributed by atoms with Crippen molar-refractivity contribution < 1.29 is 24.9 Å². The molecule has 5 nitrogen and oxygen atoms in total. The second-order valence-electron chi connectivity index (χ2n) is 8.11. The SMILES string of the molecule is O=C(O)CCC/C=C\C[C@@H]1C(=O)C[C@@H](O)[C@@H]1/C=C/[C@H](O)CC1CCCCC1. The quantitative estimate of drug-likeness (QED) is 0.398. The molecule has 152 valence electrons. The van der Waals surface area contributed by atoms with Gasteiger partial charge in [-0.2, -0.15) is 0 Å². The number of Topliss-reactive ketones (excluding diaryl/α,β-unsaturated/α-hetero) is 1. The van der Waals surface area contributed by atoms with Gasteiger partial charge in [-0.25, -0.2) is 0 Å². The highest BCUT2D eigenvalue weighted by molar-refractivity contribution is 5.84. The van der Waals surface area contributed by atoms with Crippen molar-refractivity contribution in [2.24, 2.45) is 17.8 Å². The molecular formula is C22H34O5. The Morgan fingerprint density at radius 2 is 1.93 bits per heavy atom. The summed E-state index contributed by atoms with van der Waals surface area (Å²) in [5.41, 5.74) is 0. The molecule has 0 amide bonds. The van der Waals surface area contributed by atoms with Crippen LogP contribution in [-0.4, -0.2) is 39.3 Å². The van der Waals surface area contributed by atoms with Crippen molar-refractivity contribution in [3.05, 3.63) is 24.3 Å². The van der Waals surface area contributed by atoms with E-state index < -0.39 is 18.2 Å². The molecule has 0 saturated heterocycles. The average Bonchev–Trinajstić information content (AvgIpc) is 2.89. The lowest BCUT2D eigenvalue weighted by atomic mass is 9.85. The third kappa shape index (κ3) is 7.59. The fourth-order valence-electron chi connectivity index (χ4n) is 4.36. The zero-order chi connectivity index (χ0) is 19.6. The molecule has 0 radical (unpaired) electrons. The Hall–Kier alpha value is -1.46. The van der Waals surface area contributed by atoms with E-state index in [2.05, 4.69) is 0 Å². The molecule has 2 rings (SSSR count). The van der Waals surface area contributed by atoms with Crippen LogP contribution in [0.3, 0.4) is 0 Å². The van der Waals surface area contributed by atoms with Crippen LogP contribution in [0.2, 0.25) is 0 Å². The summed E-state index contributed by atoms with van der Waals surface area (Å²) in [6.07, 6.45) is 15.3. The lowest BCUT2D eigenvalue weighted by molar-refractivity contribution is -0.137. The minimum absolute atomic E-state index is 0.0640. The molecule has 27 heavy (non-hydrogen) atoms. The number of aliphatic hydroxyl groups is 2. The first-order chi connectivity index (χ1) is 13.0. The van der Waals surface area contributed by atoms with Crippen LogP contribution in [-0.2, 0) is 9.59 Å². The van der Waals surface area contributed by atoms with Crippen LogP contribution in [0.25, 0.3) is 0 Å². The van der Waals surface area contributed by atoms with Crippen molar-refractivity contribution in [3.63, 3.8) is 0 Å². The molecule has 0 spiro atoms. The first-order valence-electron chi connectivity index (χ1n) is 10.4. The highest BCUT2D eigenvalue weighted by Crippen LogP contribution is 2.34. The summed E-state index contributed by atoms with van der Waals surface area (Å²) in [4.78, 5) is 22.7. The molecule has 3 N–H and O–H groups in total. The Bertz CT molecular complexity index is 533. The molecule has 2 aliphatic carbocycles. The number of hydrogen-bond acceptors (Lipinski definition) is 4. The smallest absolute Gasteiger partial charge is 0.303 e. The number of carbonyl (C=O) groups excluding carboxylic acids is 1. The van der Waals surface area contributed by atoms with Gasteiger partial charge in [-0.1, -0.05) is 56.4 Å². The van der Waals surface area contributed by atoms with Gasteiger partial charge < -0.3 is 15.3 Å². The van der Waals surface area contributed by atoms with Crippen molar-refractivity contribution in [1.29, 1.82) is 0 Å². The normalized spacial score (nSPS) is 28.4. The molecule has 0 unspecified atom stereocenters. The van der Waals surface area contributed by atoms with E-state index in [1.807, 2.05) is 18.2 Å². The van der Waals surface area contributed by atoms with Gasteiger partial charge in [-0.15, -0.1) is 0 Å². The molecule has 0 heterocycles. The van der Waals surface area contributed by atoms with Gasteiger partial charge in [0.25, 0.3) is 0 Å². The Labute approximate surface area is 162 Å². The van der Waals surface area contributed by atoms with Crippen molar-refractivity contribution in [2.75, 3.05) is 0 Å². The molecule has 2 fully saturated rings. The monoisotopic (exact) mass is 378 g/mol. The molecule has 2 aliphatic rings. The Balaban J connectivity index is 1.81. The van der Waals surface area contributed by atoms with E-state index in [4.69, 9.17) is 5.11 Å². The van der Waals surface area contributed by atoms with E-state index in [0.717, 1.165) is 6.42 Å². The lowest BCUT2D eigenvalue weighted by Gasteiger charge is -2.23. The summed E-state index contributed by atoms with van der Waals surface area (Å²) >= 11 is 0. The molecule has 5 heteroatoms. The number of carboxylic acids is 1. The van der Waals surface area contributed by atoms with E-state index in [-0.39, 0.29) is 30.5 Å². The lowest BCUT2D eigenvalue weighted by Crippen LogP contribution is -2.19. The summed E-state index contributed by atoms with van der Waals surface area (Å²) in [6, 6.07) is 0. The number of aliphatic hydroxyl groups excluding tert-OH is 2. The number of rotatable bonds is 10. The number of hydrogen-bond donors (Lipinski definition) is 3. The van der Waals surface area contributed by atoms with Crippen LogP contribution in [0.15, 0.2) is 24.3 Å². The zero-order valence-corrected chi connectivity index (χ0v) is 16.1.